The van der Waals surface area contributed by atoms with Crippen LogP contribution in [0.4, 0.5) is 8.78 Å². The van der Waals surface area contributed by atoms with E-state index in [9.17, 15) is 23.5 Å². The SMILES string of the molecule is CC1CCN(C(=O)c2ccc(OC(F)F)cc2)C(C(=O)O)C1. The van der Waals surface area contributed by atoms with Gasteiger partial charge in [-0.25, -0.2) is 4.79 Å². The Balaban J connectivity index is 2.14. The third-order valence-electron chi connectivity index (χ3n) is 3.74. The Morgan fingerprint density at radius 1 is 1.32 bits per heavy atom. The summed E-state index contributed by atoms with van der Waals surface area (Å²) in [4.78, 5) is 25.1. The lowest BCUT2D eigenvalue weighted by molar-refractivity contribution is -0.144. The number of carboxylic acids is 1. The number of halogens is 2. The molecule has 0 radical (unpaired) electrons. The molecular formula is C15H17F2NO4. The van der Waals surface area contributed by atoms with Gasteiger partial charge >= 0.3 is 12.6 Å². The van der Waals surface area contributed by atoms with Crippen molar-refractivity contribution in [3.8, 4) is 5.75 Å². The first-order valence-electron chi connectivity index (χ1n) is 6.97. The lowest BCUT2D eigenvalue weighted by Gasteiger charge is -2.36. The van der Waals surface area contributed by atoms with Crippen LogP contribution in [0.5, 0.6) is 5.75 Å². The maximum Gasteiger partial charge on any atom is 0.387 e. The average Bonchev–Trinajstić information content (AvgIpc) is 2.46. The molecule has 1 N–H and O–H groups in total. The van der Waals surface area contributed by atoms with E-state index in [0.29, 0.717) is 13.0 Å². The molecule has 7 heteroatoms. The second-order valence-electron chi connectivity index (χ2n) is 5.39. The summed E-state index contributed by atoms with van der Waals surface area (Å²) < 4.78 is 28.4. The fourth-order valence-electron chi connectivity index (χ4n) is 2.56. The summed E-state index contributed by atoms with van der Waals surface area (Å²) in [7, 11) is 0. The molecule has 1 amide bonds. The normalized spacial score (nSPS) is 21.7. The van der Waals surface area contributed by atoms with Crippen LogP contribution in [-0.2, 0) is 4.79 Å². The number of alkyl halides is 2. The van der Waals surface area contributed by atoms with E-state index in [-0.39, 0.29) is 17.2 Å². The summed E-state index contributed by atoms with van der Waals surface area (Å²) in [5, 5.41) is 9.27. The number of benzene rings is 1. The first kappa shape index (κ1) is 16.2. The smallest absolute Gasteiger partial charge is 0.387 e. The van der Waals surface area contributed by atoms with E-state index in [1.54, 1.807) is 0 Å². The van der Waals surface area contributed by atoms with Crippen LogP contribution in [0.25, 0.3) is 0 Å². The number of carbonyl (C=O) groups is 2. The zero-order chi connectivity index (χ0) is 16.3. The highest BCUT2D eigenvalue weighted by atomic mass is 19.3. The zero-order valence-corrected chi connectivity index (χ0v) is 12.0. The molecule has 1 saturated heterocycles. The standard InChI is InChI=1S/C15H17F2NO4/c1-9-6-7-18(12(8-9)14(20)21)13(19)10-2-4-11(5-3-10)22-15(16)17/h2-5,9,12,15H,6-8H2,1H3,(H,20,21). The van der Waals surface area contributed by atoms with Crippen LogP contribution in [0.2, 0.25) is 0 Å². The molecule has 1 aliphatic rings. The molecule has 5 nitrogen and oxygen atoms in total. The van der Waals surface area contributed by atoms with E-state index < -0.39 is 24.5 Å². The van der Waals surface area contributed by atoms with E-state index in [1.165, 1.54) is 29.2 Å². The number of amides is 1. The number of likely N-dealkylation sites (tertiary alicyclic amines) is 1. The molecule has 2 rings (SSSR count). The number of carboxylic acid groups (broad SMARTS) is 1. The van der Waals surface area contributed by atoms with Gasteiger partial charge in [0.1, 0.15) is 11.8 Å². The third kappa shape index (κ3) is 3.72. The van der Waals surface area contributed by atoms with E-state index >= 15 is 0 Å². The van der Waals surface area contributed by atoms with Crippen LogP contribution in [-0.4, -0.2) is 41.1 Å². The third-order valence-corrected chi connectivity index (χ3v) is 3.74. The van der Waals surface area contributed by atoms with Gasteiger partial charge in [0.2, 0.25) is 0 Å². The number of ether oxygens (including phenoxy) is 1. The Labute approximate surface area is 126 Å². The topological polar surface area (TPSA) is 66.8 Å². The molecule has 0 aromatic heterocycles. The summed E-state index contributed by atoms with van der Waals surface area (Å²) in [5.41, 5.74) is 0.252. The number of nitrogens with zero attached hydrogens (tertiary/aromatic N) is 1. The van der Waals surface area contributed by atoms with Crippen molar-refractivity contribution >= 4 is 11.9 Å². The Morgan fingerprint density at radius 3 is 2.50 bits per heavy atom. The van der Waals surface area contributed by atoms with Crippen LogP contribution in [0.3, 0.4) is 0 Å². The molecule has 22 heavy (non-hydrogen) atoms. The van der Waals surface area contributed by atoms with Crippen LogP contribution in [0, 0.1) is 5.92 Å². The van der Waals surface area contributed by atoms with Crippen LogP contribution >= 0.6 is 0 Å². The van der Waals surface area contributed by atoms with Gasteiger partial charge in [0.15, 0.2) is 0 Å². The lowest BCUT2D eigenvalue weighted by atomic mass is 9.92. The number of carbonyl (C=O) groups excluding carboxylic acids is 1. The molecule has 0 aliphatic carbocycles. The zero-order valence-electron chi connectivity index (χ0n) is 12.0. The number of hydrogen-bond donors (Lipinski definition) is 1. The summed E-state index contributed by atoms with van der Waals surface area (Å²) in [5.74, 6) is -1.25. The summed E-state index contributed by atoms with van der Waals surface area (Å²) in [6, 6.07) is 4.39. The molecule has 1 aromatic rings. The second kappa shape index (κ2) is 6.72. The molecule has 0 spiro atoms. The van der Waals surface area contributed by atoms with Crippen LogP contribution in [0.15, 0.2) is 24.3 Å². The number of rotatable bonds is 4. The van der Waals surface area contributed by atoms with Gasteiger partial charge in [-0.2, -0.15) is 8.78 Å². The van der Waals surface area contributed by atoms with Gasteiger partial charge in [-0.15, -0.1) is 0 Å². The monoisotopic (exact) mass is 313 g/mol. The fraction of sp³-hybridized carbons (Fsp3) is 0.467. The number of piperidine rings is 1. The lowest BCUT2D eigenvalue weighted by Crippen LogP contribution is -2.49. The number of hydrogen-bond acceptors (Lipinski definition) is 3. The van der Waals surface area contributed by atoms with Crippen molar-refractivity contribution in [2.24, 2.45) is 5.92 Å². The highest BCUT2D eigenvalue weighted by Crippen LogP contribution is 2.25. The predicted molar refractivity (Wildman–Crippen MR) is 73.9 cm³/mol. The Morgan fingerprint density at radius 2 is 1.95 bits per heavy atom. The Hall–Kier alpha value is -2.18. The van der Waals surface area contributed by atoms with Crippen molar-refractivity contribution in [3.05, 3.63) is 29.8 Å². The average molecular weight is 313 g/mol. The predicted octanol–water partition coefficient (Wildman–Crippen LogP) is 2.61. The molecule has 1 heterocycles. The maximum atomic E-state index is 12.4. The highest BCUT2D eigenvalue weighted by Gasteiger charge is 2.35. The fourth-order valence-corrected chi connectivity index (χ4v) is 2.56. The summed E-state index contributed by atoms with van der Waals surface area (Å²) in [6.07, 6.45) is 1.15. The van der Waals surface area contributed by atoms with E-state index in [2.05, 4.69) is 4.74 Å². The largest absolute Gasteiger partial charge is 0.480 e. The van der Waals surface area contributed by atoms with Gasteiger partial charge in [-0.1, -0.05) is 6.92 Å². The second-order valence-corrected chi connectivity index (χ2v) is 5.39. The van der Waals surface area contributed by atoms with Crippen molar-refractivity contribution in [2.75, 3.05) is 6.54 Å². The van der Waals surface area contributed by atoms with Gasteiger partial charge in [-0.3, -0.25) is 4.79 Å². The number of aliphatic carboxylic acids is 1. The molecule has 0 saturated carbocycles. The molecule has 1 aliphatic heterocycles. The molecule has 2 unspecified atom stereocenters. The Bertz CT molecular complexity index is 547. The molecule has 1 aromatic carbocycles. The van der Waals surface area contributed by atoms with Gasteiger partial charge in [0.05, 0.1) is 0 Å². The molecular weight excluding hydrogens is 296 g/mol. The molecule has 120 valence electrons. The van der Waals surface area contributed by atoms with E-state index in [0.717, 1.165) is 6.42 Å². The minimum Gasteiger partial charge on any atom is -0.480 e. The van der Waals surface area contributed by atoms with Crippen LogP contribution in [0.1, 0.15) is 30.1 Å². The minimum atomic E-state index is -2.93. The summed E-state index contributed by atoms with van der Waals surface area (Å²) in [6.45, 7) is -0.609. The van der Waals surface area contributed by atoms with E-state index in [1.807, 2.05) is 6.92 Å². The highest BCUT2D eigenvalue weighted by molar-refractivity contribution is 5.96. The van der Waals surface area contributed by atoms with Gasteiger partial charge in [0, 0.05) is 12.1 Å². The molecule has 1 fully saturated rings. The van der Waals surface area contributed by atoms with E-state index in [4.69, 9.17) is 0 Å². The van der Waals surface area contributed by atoms with Crippen molar-refractivity contribution in [1.82, 2.24) is 4.90 Å². The van der Waals surface area contributed by atoms with Crippen molar-refractivity contribution in [3.63, 3.8) is 0 Å². The quantitative estimate of drug-likeness (QED) is 0.928. The van der Waals surface area contributed by atoms with Crippen molar-refractivity contribution in [2.45, 2.75) is 32.4 Å². The molecule has 0 bridgehead atoms. The van der Waals surface area contributed by atoms with Crippen LogP contribution < -0.4 is 4.74 Å². The van der Waals surface area contributed by atoms with Gasteiger partial charge in [0.25, 0.3) is 5.91 Å². The van der Waals surface area contributed by atoms with Gasteiger partial charge in [-0.05, 0) is 43.0 Å². The van der Waals surface area contributed by atoms with Gasteiger partial charge < -0.3 is 14.7 Å². The first-order chi connectivity index (χ1) is 10.4. The van der Waals surface area contributed by atoms with Crippen molar-refractivity contribution < 1.29 is 28.2 Å². The molecule has 2 atom stereocenters. The van der Waals surface area contributed by atoms with Crippen molar-refractivity contribution in [1.29, 1.82) is 0 Å². The summed E-state index contributed by atoms with van der Waals surface area (Å²) >= 11 is 0. The first-order valence-corrected chi connectivity index (χ1v) is 6.97. The minimum absolute atomic E-state index is 0.0476. The Kier molecular flexibility index (Phi) is 4.95. The maximum absolute atomic E-state index is 12.4.